The fourth-order valence-electron chi connectivity index (χ4n) is 6.06. The first-order valence-electron chi connectivity index (χ1n) is 16.1. The fraction of sp³-hybridized carbons (Fsp3) is 0.615. The fourth-order valence-corrected chi connectivity index (χ4v) is 7.36. The van der Waals surface area contributed by atoms with Gasteiger partial charge in [-0.15, -0.1) is 0 Å². The van der Waals surface area contributed by atoms with Crippen LogP contribution >= 0.6 is 15.6 Å². The van der Waals surface area contributed by atoms with Crippen molar-refractivity contribution in [3.63, 3.8) is 0 Å². The van der Waals surface area contributed by atoms with Crippen molar-refractivity contribution in [3.05, 3.63) is 35.4 Å². The standard InChI is InChI=1S/C26H39N11O14P2/c27-13(2-1-12-6-30-9-31-12)25(39)50-21-16(49-24(20(21)38)37-11-34-19-22(29)32-10-33-23(19)37)8-47-53(44,45)51-14-5-18(36-4-3-17(28)35-26(36)40)48-15(14)7-46-52(41,42)43/h3-4,10-16,18,20-21,24,30-31,38H,1-2,5-9,27H2,(H,44,45)(H2,28,35,40)(H2,29,32,33)(H2,41,42,43)/t12-,13-,14-,15+,16+,18+,20+,21+,24+/m0/s1. The summed E-state index contributed by atoms with van der Waals surface area (Å²) in [6.45, 7) is -0.317. The molecule has 53 heavy (non-hydrogen) atoms. The van der Waals surface area contributed by atoms with E-state index in [2.05, 4.69) is 35.1 Å². The molecule has 6 rings (SSSR count). The van der Waals surface area contributed by atoms with Gasteiger partial charge < -0.3 is 61.8 Å². The number of esters is 1. The van der Waals surface area contributed by atoms with Crippen LogP contribution in [0.2, 0.25) is 0 Å². The zero-order valence-electron chi connectivity index (χ0n) is 27.6. The first-order chi connectivity index (χ1) is 25.1. The molecule has 3 aliphatic heterocycles. The highest BCUT2D eigenvalue weighted by Crippen LogP contribution is 2.50. The van der Waals surface area contributed by atoms with Crippen molar-refractivity contribution in [1.29, 1.82) is 0 Å². The summed E-state index contributed by atoms with van der Waals surface area (Å²) < 4.78 is 59.5. The molecule has 6 heterocycles. The zero-order valence-corrected chi connectivity index (χ0v) is 29.4. The predicted octanol–water partition coefficient (Wildman–Crippen LogP) is -3.06. The summed E-state index contributed by atoms with van der Waals surface area (Å²) in [6, 6.07) is 0.291. The van der Waals surface area contributed by atoms with Gasteiger partial charge in [0.15, 0.2) is 23.8 Å². The molecule has 3 aromatic heterocycles. The summed E-state index contributed by atoms with van der Waals surface area (Å²) in [5.74, 6) is -0.925. The van der Waals surface area contributed by atoms with Crippen LogP contribution < -0.4 is 33.5 Å². The smallest absolute Gasteiger partial charge is 0.455 e. The van der Waals surface area contributed by atoms with Crippen molar-refractivity contribution >= 4 is 44.4 Å². The van der Waals surface area contributed by atoms with E-state index < -0.39 is 89.5 Å². The van der Waals surface area contributed by atoms with Crippen molar-refractivity contribution < 1.29 is 61.5 Å². The average Bonchev–Trinajstić information content (AvgIpc) is 3.89. The molecule has 0 aromatic carbocycles. The van der Waals surface area contributed by atoms with Gasteiger partial charge in [0.05, 0.1) is 19.5 Å². The number of aliphatic hydroxyl groups is 1. The number of aromatic nitrogens is 6. The molecule has 10 atom stereocenters. The lowest BCUT2D eigenvalue weighted by Crippen LogP contribution is -2.43. The number of nitrogens with one attached hydrogen (secondary N) is 2. The molecule has 0 amide bonds. The van der Waals surface area contributed by atoms with Crippen LogP contribution in [0.15, 0.2) is 29.7 Å². The van der Waals surface area contributed by atoms with Crippen LogP contribution in [0.1, 0.15) is 31.7 Å². The lowest BCUT2D eigenvalue weighted by atomic mass is 10.1. The third-order valence-electron chi connectivity index (χ3n) is 8.68. The van der Waals surface area contributed by atoms with Gasteiger partial charge in [-0.05, 0) is 18.9 Å². The van der Waals surface area contributed by atoms with E-state index in [1.54, 1.807) is 0 Å². The average molecular weight is 792 g/mol. The van der Waals surface area contributed by atoms with Gasteiger partial charge >= 0.3 is 27.3 Å². The van der Waals surface area contributed by atoms with Crippen molar-refractivity contribution in [2.24, 2.45) is 5.73 Å². The third-order valence-corrected chi connectivity index (χ3v) is 10.2. The van der Waals surface area contributed by atoms with E-state index in [1.165, 1.54) is 23.2 Å². The minimum absolute atomic E-state index is 0.0422. The largest absolute Gasteiger partial charge is 0.472 e. The lowest BCUT2D eigenvalue weighted by molar-refractivity contribution is -0.158. The number of nitrogens with two attached hydrogens (primary N) is 3. The second kappa shape index (κ2) is 16.1. The van der Waals surface area contributed by atoms with Gasteiger partial charge in [-0.25, -0.2) is 28.9 Å². The molecule has 27 heteroatoms. The number of imidazole rings is 1. The molecule has 12 N–H and O–H groups in total. The molecule has 0 radical (unpaired) electrons. The van der Waals surface area contributed by atoms with E-state index in [0.717, 1.165) is 10.9 Å². The molecule has 3 aromatic rings. The number of carbonyl (C=O) groups excluding carboxylic acids is 1. The summed E-state index contributed by atoms with van der Waals surface area (Å²) in [4.78, 5) is 70.6. The maximum atomic E-state index is 13.3. The Morgan fingerprint density at radius 2 is 1.87 bits per heavy atom. The normalized spacial score (nSPS) is 29.4. The van der Waals surface area contributed by atoms with Crippen LogP contribution in [-0.2, 0) is 41.7 Å². The zero-order chi connectivity index (χ0) is 38.1. The van der Waals surface area contributed by atoms with Crippen molar-refractivity contribution in [3.8, 4) is 0 Å². The Morgan fingerprint density at radius 3 is 2.58 bits per heavy atom. The maximum Gasteiger partial charge on any atom is 0.472 e. The van der Waals surface area contributed by atoms with Crippen molar-refractivity contribution in [1.82, 2.24) is 39.7 Å². The molecule has 0 spiro atoms. The number of aliphatic hydroxyl groups excluding tert-OH is 1. The first kappa shape index (κ1) is 39.2. The molecular weight excluding hydrogens is 752 g/mol. The van der Waals surface area contributed by atoms with Gasteiger partial charge in [-0.2, -0.15) is 4.98 Å². The van der Waals surface area contributed by atoms with E-state index in [9.17, 15) is 38.5 Å². The maximum absolute atomic E-state index is 13.3. The lowest BCUT2D eigenvalue weighted by Gasteiger charge is -2.24. The number of hydrogen-bond acceptors (Lipinski definition) is 20. The SMILES string of the molecule is Nc1ccn([C@H]2C[C@H](OP(=O)(O)OC[C@H]3O[C@@H](n4cnc5c(N)ncnc54)[C@H](O)[C@@H]3OC(=O)[C@@H](N)CC[C@H]3CNCN3)[C@@H](COP(=O)(O)O)O2)c(=O)n1. The summed E-state index contributed by atoms with van der Waals surface area (Å²) in [7, 11) is -10.2. The summed E-state index contributed by atoms with van der Waals surface area (Å²) in [6.07, 6.45) is -5.72. The first-order valence-corrected chi connectivity index (χ1v) is 19.1. The van der Waals surface area contributed by atoms with Gasteiger partial charge in [0.1, 0.15) is 54.3 Å². The predicted molar refractivity (Wildman–Crippen MR) is 177 cm³/mol. The number of hydrogen-bond donors (Lipinski definition) is 9. The summed E-state index contributed by atoms with van der Waals surface area (Å²) in [5, 5.41) is 17.8. The molecule has 1 unspecified atom stereocenters. The quantitative estimate of drug-likeness (QED) is 0.0545. The van der Waals surface area contributed by atoms with E-state index in [1.807, 2.05) is 0 Å². The van der Waals surface area contributed by atoms with Crippen molar-refractivity contribution in [2.45, 2.75) is 74.3 Å². The number of carbonyl (C=O) groups is 1. The Balaban J connectivity index is 1.17. The molecule has 3 aliphatic rings. The van der Waals surface area contributed by atoms with Crippen LogP contribution in [0.3, 0.4) is 0 Å². The van der Waals surface area contributed by atoms with Crippen LogP contribution in [0.5, 0.6) is 0 Å². The molecule has 3 saturated heterocycles. The van der Waals surface area contributed by atoms with Crippen LogP contribution in [0, 0.1) is 0 Å². The molecule has 25 nitrogen and oxygen atoms in total. The number of nitrogen functional groups attached to an aromatic ring is 2. The van der Waals surface area contributed by atoms with Gasteiger partial charge in [0.25, 0.3) is 0 Å². The minimum atomic E-state index is -5.13. The van der Waals surface area contributed by atoms with Crippen LogP contribution in [0.4, 0.5) is 11.6 Å². The Kier molecular flexibility index (Phi) is 11.9. The highest BCUT2D eigenvalue weighted by Gasteiger charge is 2.50. The number of fused-ring (bicyclic) bond motifs is 1. The van der Waals surface area contributed by atoms with Gasteiger partial charge in [0.2, 0.25) is 0 Å². The van der Waals surface area contributed by atoms with E-state index in [-0.39, 0.29) is 41.7 Å². The van der Waals surface area contributed by atoms with Crippen LogP contribution in [0.25, 0.3) is 11.2 Å². The Hall–Kier alpha value is -3.52. The summed E-state index contributed by atoms with van der Waals surface area (Å²) in [5.41, 5.74) is 17.1. The van der Waals surface area contributed by atoms with Crippen molar-refractivity contribution in [2.75, 3.05) is 37.9 Å². The second-order valence-corrected chi connectivity index (χ2v) is 15.0. The van der Waals surface area contributed by atoms with Gasteiger partial charge in [-0.3, -0.25) is 27.5 Å². The molecule has 3 fully saturated rings. The number of ether oxygens (including phenoxy) is 3. The second-order valence-electron chi connectivity index (χ2n) is 12.4. The summed E-state index contributed by atoms with van der Waals surface area (Å²) >= 11 is 0. The molecule has 0 aliphatic carbocycles. The number of phosphoric ester groups is 2. The Labute approximate surface area is 298 Å². The number of anilines is 2. The van der Waals surface area contributed by atoms with Gasteiger partial charge in [-0.1, -0.05) is 0 Å². The van der Waals surface area contributed by atoms with Gasteiger partial charge in [0, 0.05) is 31.9 Å². The number of nitrogens with zero attached hydrogens (tertiary/aromatic N) is 6. The Bertz CT molecular complexity index is 1930. The molecule has 0 bridgehead atoms. The van der Waals surface area contributed by atoms with E-state index >= 15 is 0 Å². The monoisotopic (exact) mass is 791 g/mol. The Morgan fingerprint density at radius 1 is 1.09 bits per heavy atom. The molecule has 0 saturated carbocycles. The highest BCUT2D eigenvalue weighted by atomic mass is 31.2. The van der Waals surface area contributed by atoms with Crippen LogP contribution in [-0.4, -0.2) is 124 Å². The van der Waals surface area contributed by atoms with E-state index in [4.69, 9.17) is 40.5 Å². The third kappa shape index (κ3) is 9.41. The van der Waals surface area contributed by atoms with E-state index in [0.29, 0.717) is 19.6 Å². The minimum Gasteiger partial charge on any atom is -0.455 e. The number of phosphoric acid groups is 2. The molecular formula is C26H39N11O14P2. The molecule has 292 valence electrons. The number of rotatable bonds is 15. The topological polar surface area (TPSA) is 368 Å². The highest BCUT2D eigenvalue weighted by molar-refractivity contribution is 7.47.